The third-order valence-corrected chi connectivity index (χ3v) is 3.43. The summed E-state index contributed by atoms with van der Waals surface area (Å²) in [6.07, 6.45) is 0.967. The number of ether oxygens (including phenoxy) is 1. The molecule has 0 aliphatic carbocycles. The van der Waals surface area contributed by atoms with Gasteiger partial charge in [-0.1, -0.05) is 12.6 Å². The maximum Gasteiger partial charge on any atom is 0.319 e. The second-order valence-corrected chi connectivity index (χ2v) is 5.07. The number of halogens is 2. The maximum atomic E-state index is 13.9. The number of anilines is 1. The molecule has 2 rings (SSSR count). The van der Waals surface area contributed by atoms with Crippen LogP contribution in [-0.4, -0.2) is 49.0 Å². The SMILES string of the molecule is C=CC(=O)N1CC(NC(=O)Nc2cccc(OC)c2)C(F)(F)C1. The summed E-state index contributed by atoms with van der Waals surface area (Å²) in [6, 6.07) is 4.26. The van der Waals surface area contributed by atoms with E-state index in [1.165, 1.54) is 7.11 Å². The number of hydrogen-bond donors (Lipinski definition) is 2. The number of rotatable bonds is 4. The quantitative estimate of drug-likeness (QED) is 0.830. The first-order valence-electron chi connectivity index (χ1n) is 6.86. The van der Waals surface area contributed by atoms with Gasteiger partial charge in [0, 0.05) is 18.3 Å². The molecule has 1 heterocycles. The number of methoxy groups -OCH3 is 1. The largest absolute Gasteiger partial charge is 0.497 e. The smallest absolute Gasteiger partial charge is 0.319 e. The molecule has 6 nitrogen and oxygen atoms in total. The van der Waals surface area contributed by atoms with Crippen molar-refractivity contribution in [2.75, 3.05) is 25.5 Å². The molecule has 124 valence electrons. The molecular formula is C15H17F2N3O3. The molecule has 1 aromatic carbocycles. The van der Waals surface area contributed by atoms with E-state index in [-0.39, 0.29) is 6.54 Å². The van der Waals surface area contributed by atoms with Crippen LogP contribution in [0.25, 0.3) is 0 Å². The predicted molar refractivity (Wildman–Crippen MR) is 80.7 cm³/mol. The van der Waals surface area contributed by atoms with E-state index in [9.17, 15) is 18.4 Å². The predicted octanol–water partition coefficient (Wildman–Crippen LogP) is 1.85. The standard InChI is InChI=1S/C15H17F2N3O3/c1-3-13(21)20-8-12(15(16,17)9-20)19-14(22)18-10-5-4-6-11(7-10)23-2/h3-7,12H,1,8-9H2,2H3,(H2,18,19,22). The first-order valence-corrected chi connectivity index (χ1v) is 6.86. The van der Waals surface area contributed by atoms with Gasteiger partial charge in [0.2, 0.25) is 5.91 Å². The summed E-state index contributed by atoms with van der Waals surface area (Å²) in [6.45, 7) is 2.24. The Morgan fingerprint density at radius 3 is 2.87 bits per heavy atom. The molecule has 1 aliphatic heterocycles. The van der Waals surface area contributed by atoms with E-state index >= 15 is 0 Å². The number of alkyl halides is 2. The van der Waals surface area contributed by atoms with Crippen LogP contribution in [-0.2, 0) is 4.79 Å². The molecule has 1 unspecified atom stereocenters. The van der Waals surface area contributed by atoms with E-state index in [2.05, 4.69) is 17.2 Å². The summed E-state index contributed by atoms with van der Waals surface area (Å²) in [5, 5.41) is 4.65. The van der Waals surface area contributed by atoms with Crippen LogP contribution in [0.15, 0.2) is 36.9 Å². The Morgan fingerprint density at radius 1 is 1.48 bits per heavy atom. The van der Waals surface area contributed by atoms with E-state index < -0.39 is 30.4 Å². The topological polar surface area (TPSA) is 70.7 Å². The Balaban J connectivity index is 1.99. The molecule has 0 saturated carbocycles. The van der Waals surface area contributed by atoms with Gasteiger partial charge in [-0.25, -0.2) is 13.6 Å². The summed E-state index contributed by atoms with van der Waals surface area (Å²) >= 11 is 0. The molecule has 23 heavy (non-hydrogen) atoms. The van der Waals surface area contributed by atoms with Crippen molar-refractivity contribution in [3.63, 3.8) is 0 Å². The van der Waals surface area contributed by atoms with Gasteiger partial charge in [0.15, 0.2) is 0 Å². The highest BCUT2D eigenvalue weighted by Crippen LogP contribution is 2.28. The second-order valence-electron chi connectivity index (χ2n) is 5.07. The number of carbonyl (C=O) groups excluding carboxylic acids is 2. The van der Waals surface area contributed by atoms with Crippen LogP contribution in [0.1, 0.15) is 0 Å². The van der Waals surface area contributed by atoms with Crippen LogP contribution in [0, 0.1) is 0 Å². The number of benzene rings is 1. The van der Waals surface area contributed by atoms with Crippen molar-refractivity contribution in [2.45, 2.75) is 12.0 Å². The zero-order valence-corrected chi connectivity index (χ0v) is 12.5. The van der Waals surface area contributed by atoms with Gasteiger partial charge in [0.05, 0.1) is 13.7 Å². The van der Waals surface area contributed by atoms with Crippen LogP contribution >= 0.6 is 0 Å². The molecule has 0 aromatic heterocycles. The summed E-state index contributed by atoms with van der Waals surface area (Å²) < 4.78 is 32.8. The number of nitrogens with one attached hydrogen (secondary N) is 2. The third-order valence-electron chi connectivity index (χ3n) is 3.43. The number of urea groups is 1. The van der Waals surface area contributed by atoms with Gasteiger partial charge < -0.3 is 20.3 Å². The summed E-state index contributed by atoms with van der Waals surface area (Å²) in [5.41, 5.74) is 0.405. The molecule has 0 spiro atoms. The molecule has 1 fully saturated rings. The van der Waals surface area contributed by atoms with E-state index in [0.717, 1.165) is 11.0 Å². The fourth-order valence-electron chi connectivity index (χ4n) is 2.26. The van der Waals surface area contributed by atoms with Crippen LogP contribution in [0.3, 0.4) is 0 Å². The molecule has 8 heteroatoms. The molecular weight excluding hydrogens is 308 g/mol. The van der Waals surface area contributed by atoms with Crippen LogP contribution in [0.5, 0.6) is 5.75 Å². The fourth-order valence-corrected chi connectivity index (χ4v) is 2.26. The van der Waals surface area contributed by atoms with Crippen LogP contribution in [0.4, 0.5) is 19.3 Å². The normalized spacial score (nSPS) is 19.1. The van der Waals surface area contributed by atoms with Gasteiger partial charge in [-0.3, -0.25) is 4.79 Å². The first kappa shape index (κ1) is 16.7. The van der Waals surface area contributed by atoms with Gasteiger partial charge in [0.1, 0.15) is 11.8 Å². The van der Waals surface area contributed by atoms with Crippen molar-refractivity contribution in [3.8, 4) is 5.75 Å². The lowest BCUT2D eigenvalue weighted by Gasteiger charge is -2.19. The number of hydrogen-bond acceptors (Lipinski definition) is 3. The molecule has 2 N–H and O–H groups in total. The third kappa shape index (κ3) is 3.97. The average molecular weight is 325 g/mol. The van der Waals surface area contributed by atoms with Crippen molar-refractivity contribution in [3.05, 3.63) is 36.9 Å². The molecule has 1 saturated heterocycles. The summed E-state index contributed by atoms with van der Waals surface area (Å²) in [4.78, 5) is 24.3. The van der Waals surface area contributed by atoms with Crippen molar-refractivity contribution < 1.29 is 23.1 Å². The Kier molecular flexibility index (Phi) is 4.83. The number of nitrogens with zero attached hydrogens (tertiary/aromatic N) is 1. The number of carbonyl (C=O) groups is 2. The van der Waals surface area contributed by atoms with Crippen molar-refractivity contribution in [1.29, 1.82) is 0 Å². The van der Waals surface area contributed by atoms with Gasteiger partial charge in [-0.2, -0.15) is 0 Å². The molecule has 0 bridgehead atoms. The average Bonchev–Trinajstić information content (AvgIpc) is 2.81. The highest BCUT2D eigenvalue weighted by molar-refractivity contribution is 5.90. The van der Waals surface area contributed by atoms with Crippen LogP contribution < -0.4 is 15.4 Å². The van der Waals surface area contributed by atoms with E-state index in [1.54, 1.807) is 24.3 Å². The van der Waals surface area contributed by atoms with Crippen LogP contribution in [0.2, 0.25) is 0 Å². The van der Waals surface area contributed by atoms with Gasteiger partial charge in [-0.15, -0.1) is 0 Å². The minimum absolute atomic E-state index is 0.274. The van der Waals surface area contributed by atoms with E-state index in [1.807, 2.05) is 0 Å². The zero-order valence-electron chi connectivity index (χ0n) is 12.5. The lowest BCUT2D eigenvalue weighted by atomic mass is 10.2. The molecule has 1 aromatic rings. The fraction of sp³-hybridized carbons (Fsp3) is 0.333. The second kappa shape index (κ2) is 6.64. The molecule has 1 aliphatic rings. The van der Waals surface area contributed by atoms with Gasteiger partial charge >= 0.3 is 6.03 Å². The minimum Gasteiger partial charge on any atom is -0.497 e. The summed E-state index contributed by atoms with van der Waals surface area (Å²) in [5.74, 6) is -3.27. The lowest BCUT2D eigenvalue weighted by molar-refractivity contribution is -0.126. The number of amides is 3. The van der Waals surface area contributed by atoms with Gasteiger partial charge in [-0.05, 0) is 18.2 Å². The summed E-state index contributed by atoms with van der Waals surface area (Å²) in [7, 11) is 1.48. The maximum absolute atomic E-state index is 13.9. The molecule has 0 radical (unpaired) electrons. The van der Waals surface area contributed by atoms with Crippen molar-refractivity contribution in [2.24, 2.45) is 0 Å². The first-order chi connectivity index (χ1) is 10.9. The highest BCUT2D eigenvalue weighted by atomic mass is 19.3. The minimum atomic E-state index is -3.20. The Labute approximate surface area is 132 Å². The zero-order chi connectivity index (χ0) is 17.0. The molecule has 3 amide bonds. The van der Waals surface area contributed by atoms with Gasteiger partial charge in [0.25, 0.3) is 5.92 Å². The van der Waals surface area contributed by atoms with E-state index in [0.29, 0.717) is 11.4 Å². The highest BCUT2D eigenvalue weighted by Gasteiger charge is 2.49. The lowest BCUT2D eigenvalue weighted by Crippen LogP contribution is -2.48. The monoisotopic (exact) mass is 325 g/mol. The Bertz CT molecular complexity index is 622. The number of likely N-dealkylation sites (tertiary alicyclic amines) is 1. The molecule has 1 atom stereocenters. The Morgan fingerprint density at radius 2 is 2.22 bits per heavy atom. The van der Waals surface area contributed by atoms with E-state index in [4.69, 9.17) is 4.74 Å². The Hall–Kier alpha value is -2.64. The van der Waals surface area contributed by atoms with Crippen molar-refractivity contribution >= 4 is 17.6 Å². The van der Waals surface area contributed by atoms with Crippen molar-refractivity contribution in [1.82, 2.24) is 10.2 Å².